The van der Waals surface area contributed by atoms with Crippen molar-refractivity contribution < 1.29 is 18.0 Å². The summed E-state index contributed by atoms with van der Waals surface area (Å²) >= 11 is 0. The van der Waals surface area contributed by atoms with Crippen LogP contribution in [-0.2, 0) is 25.2 Å². The van der Waals surface area contributed by atoms with E-state index >= 15 is 0 Å². The first-order valence-electron chi connectivity index (χ1n) is 11.4. The molecule has 0 bridgehead atoms. The molecule has 2 aliphatic heterocycles. The van der Waals surface area contributed by atoms with Gasteiger partial charge in [-0.05, 0) is 44.9 Å². The standard InChI is InChI=1S/C23H27F3N8O/c1-12-13(2)30-32(4)19(12)14(3)29-21(35)33-10-22(11-33)5-6-34-18(22)8-17(31-34)15-7-16(23(24,25)26)20(27)28-9-15/h7-9,14H,5-6,10-11H2,1-4H3,(H2,27,28)(H,29,35). The van der Waals surface area contributed by atoms with Crippen molar-refractivity contribution in [1.82, 2.24) is 34.8 Å². The smallest absolute Gasteiger partial charge is 0.383 e. The van der Waals surface area contributed by atoms with Gasteiger partial charge in [-0.2, -0.15) is 23.4 Å². The normalized spacial score (nSPS) is 17.4. The number of hydrogen-bond donors (Lipinski definition) is 2. The number of anilines is 1. The molecule has 1 saturated heterocycles. The number of nitrogens with zero attached hydrogens (tertiary/aromatic N) is 6. The number of alkyl halides is 3. The Morgan fingerprint density at radius 1 is 1.23 bits per heavy atom. The second-order valence-corrected chi connectivity index (χ2v) is 9.57. The van der Waals surface area contributed by atoms with Crippen molar-refractivity contribution >= 4 is 11.8 Å². The molecular weight excluding hydrogens is 461 g/mol. The Balaban J connectivity index is 1.31. The molecule has 2 aliphatic rings. The van der Waals surface area contributed by atoms with E-state index in [1.165, 1.54) is 6.20 Å². The number of aryl methyl sites for hydroxylation is 3. The summed E-state index contributed by atoms with van der Waals surface area (Å²) in [5, 5.41) is 12.0. The van der Waals surface area contributed by atoms with E-state index in [1.807, 2.05) is 32.5 Å². The summed E-state index contributed by atoms with van der Waals surface area (Å²) in [6, 6.07) is 2.43. The monoisotopic (exact) mass is 488 g/mol. The summed E-state index contributed by atoms with van der Waals surface area (Å²) in [7, 11) is 1.86. The van der Waals surface area contributed by atoms with E-state index in [-0.39, 0.29) is 23.1 Å². The van der Waals surface area contributed by atoms with Crippen LogP contribution in [0.2, 0.25) is 0 Å². The molecule has 3 N–H and O–H groups in total. The lowest BCUT2D eigenvalue weighted by molar-refractivity contribution is -0.137. The van der Waals surface area contributed by atoms with Gasteiger partial charge in [0, 0.05) is 49.6 Å². The number of aromatic nitrogens is 5. The molecule has 35 heavy (non-hydrogen) atoms. The summed E-state index contributed by atoms with van der Waals surface area (Å²) in [6.45, 7) is 7.55. The average molecular weight is 489 g/mol. The Kier molecular flexibility index (Phi) is 5.11. The van der Waals surface area contributed by atoms with Crippen LogP contribution < -0.4 is 11.1 Å². The maximum atomic E-state index is 13.3. The van der Waals surface area contributed by atoms with Gasteiger partial charge in [-0.1, -0.05) is 0 Å². The molecule has 0 aromatic carbocycles. The Morgan fingerprint density at radius 2 is 1.94 bits per heavy atom. The minimum absolute atomic E-state index is 0.155. The number of hydrogen-bond acceptors (Lipinski definition) is 5. The Bertz CT molecular complexity index is 1320. The van der Waals surface area contributed by atoms with E-state index < -0.39 is 17.6 Å². The van der Waals surface area contributed by atoms with Gasteiger partial charge in [-0.25, -0.2) is 9.78 Å². The number of carbonyl (C=O) groups excluding carboxylic acids is 1. The summed E-state index contributed by atoms with van der Waals surface area (Å²) in [6.07, 6.45) is -2.47. The van der Waals surface area contributed by atoms with Crippen molar-refractivity contribution in [3.05, 3.63) is 46.5 Å². The fourth-order valence-electron chi connectivity index (χ4n) is 5.33. The second kappa shape index (κ2) is 7.72. The van der Waals surface area contributed by atoms with Gasteiger partial charge >= 0.3 is 12.2 Å². The zero-order valence-electron chi connectivity index (χ0n) is 19.9. The molecule has 186 valence electrons. The van der Waals surface area contributed by atoms with Crippen molar-refractivity contribution in [2.45, 2.75) is 51.4 Å². The van der Waals surface area contributed by atoms with E-state index in [1.54, 1.807) is 15.6 Å². The van der Waals surface area contributed by atoms with Crippen molar-refractivity contribution in [1.29, 1.82) is 0 Å². The highest BCUT2D eigenvalue weighted by Crippen LogP contribution is 2.44. The minimum atomic E-state index is -4.59. The molecule has 9 nitrogen and oxygen atoms in total. The first-order chi connectivity index (χ1) is 16.4. The van der Waals surface area contributed by atoms with Crippen LogP contribution in [0.5, 0.6) is 0 Å². The summed E-state index contributed by atoms with van der Waals surface area (Å²) in [5.41, 5.74) is 8.74. The third-order valence-electron chi connectivity index (χ3n) is 7.25. The SMILES string of the molecule is Cc1nn(C)c(C(C)NC(=O)N2CC3(CCn4nc(-c5cnc(N)c(C(F)(F)F)c5)cc43)C2)c1C. The van der Waals surface area contributed by atoms with E-state index in [0.29, 0.717) is 25.3 Å². The van der Waals surface area contributed by atoms with E-state index in [0.717, 1.165) is 35.1 Å². The number of nitrogens with one attached hydrogen (secondary N) is 1. The second-order valence-electron chi connectivity index (χ2n) is 9.57. The maximum Gasteiger partial charge on any atom is 0.419 e. The van der Waals surface area contributed by atoms with Crippen LogP contribution in [-0.4, -0.2) is 48.6 Å². The molecule has 1 spiro atoms. The van der Waals surface area contributed by atoms with Gasteiger partial charge in [-0.15, -0.1) is 0 Å². The number of nitrogens with two attached hydrogens (primary N) is 1. The quantitative estimate of drug-likeness (QED) is 0.588. The Hall–Kier alpha value is -3.57. The molecule has 0 aliphatic carbocycles. The fraction of sp³-hybridized carbons (Fsp3) is 0.478. The zero-order valence-corrected chi connectivity index (χ0v) is 19.9. The van der Waals surface area contributed by atoms with Gasteiger partial charge in [0.15, 0.2) is 0 Å². The van der Waals surface area contributed by atoms with Crippen molar-refractivity contribution in [2.75, 3.05) is 18.8 Å². The Labute approximate surface area is 200 Å². The van der Waals surface area contributed by atoms with Crippen LogP contribution in [0.4, 0.5) is 23.8 Å². The maximum absolute atomic E-state index is 13.3. The lowest BCUT2D eigenvalue weighted by Crippen LogP contribution is -2.62. The van der Waals surface area contributed by atoms with Crippen molar-refractivity contribution in [2.24, 2.45) is 7.05 Å². The van der Waals surface area contributed by atoms with Crippen LogP contribution in [0.15, 0.2) is 18.3 Å². The molecule has 1 atom stereocenters. The molecule has 0 radical (unpaired) electrons. The summed E-state index contributed by atoms with van der Waals surface area (Å²) < 4.78 is 43.4. The van der Waals surface area contributed by atoms with Crippen LogP contribution in [0.25, 0.3) is 11.3 Å². The molecule has 5 rings (SSSR count). The first kappa shape index (κ1) is 23.2. The summed E-state index contributed by atoms with van der Waals surface area (Å²) in [5.74, 6) is -0.559. The molecule has 2 amide bonds. The molecule has 12 heteroatoms. The highest BCUT2D eigenvalue weighted by Gasteiger charge is 2.51. The first-order valence-corrected chi connectivity index (χ1v) is 11.4. The van der Waals surface area contributed by atoms with Crippen molar-refractivity contribution in [3.8, 4) is 11.3 Å². The number of urea groups is 1. The number of carbonyl (C=O) groups is 1. The van der Waals surface area contributed by atoms with Crippen LogP contribution in [0, 0.1) is 13.8 Å². The van der Waals surface area contributed by atoms with Gasteiger partial charge in [0.05, 0.1) is 28.7 Å². The minimum Gasteiger partial charge on any atom is -0.383 e. The third-order valence-corrected chi connectivity index (χ3v) is 7.25. The van der Waals surface area contributed by atoms with E-state index in [9.17, 15) is 18.0 Å². The number of rotatable bonds is 3. The number of amides is 2. The molecule has 1 unspecified atom stereocenters. The molecule has 3 aromatic rings. The fourth-order valence-corrected chi connectivity index (χ4v) is 5.33. The van der Waals surface area contributed by atoms with Gasteiger partial charge in [0.1, 0.15) is 5.82 Å². The molecule has 5 heterocycles. The predicted octanol–water partition coefficient (Wildman–Crippen LogP) is 3.32. The number of halogens is 3. The van der Waals surface area contributed by atoms with Gasteiger partial charge in [-0.3, -0.25) is 9.36 Å². The highest BCUT2D eigenvalue weighted by atomic mass is 19.4. The Morgan fingerprint density at radius 3 is 2.57 bits per heavy atom. The average Bonchev–Trinajstić information content (AvgIpc) is 3.38. The molecule has 3 aromatic heterocycles. The van der Waals surface area contributed by atoms with Crippen LogP contribution in [0.1, 0.15) is 47.6 Å². The third kappa shape index (κ3) is 3.71. The molecular formula is C23H27F3N8O. The number of likely N-dealkylation sites (tertiary alicyclic amines) is 1. The lowest BCUT2D eigenvalue weighted by Gasteiger charge is -2.47. The van der Waals surface area contributed by atoms with Crippen molar-refractivity contribution in [3.63, 3.8) is 0 Å². The van der Waals surface area contributed by atoms with Crippen LogP contribution >= 0.6 is 0 Å². The number of nitrogen functional groups attached to an aromatic ring is 1. The largest absolute Gasteiger partial charge is 0.419 e. The molecule has 1 fully saturated rings. The molecule has 0 saturated carbocycles. The van der Waals surface area contributed by atoms with Crippen LogP contribution in [0.3, 0.4) is 0 Å². The van der Waals surface area contributed by atoms with Gasteiger partial charge in [0.25, 0.3) is 0 Å². The van der Waals surface area contributed by atoms with Gasteiger partial charge < -0.3 is 16.0 Å². The number of pyridine rings is 1. The topological polar surface area (TPSA) is 107 Å². The summed E-state index contributed by atoms with van der Waals surface area (Å²) in [4.78, 5) is 18.4. The highest BCUT2D eigenvalue weighted by molar-refractivity contribution is 5.76. The zero-order chi connectivity index (χ0) is 25.3. The number of fused-ring (bicyclic) bond motifs is 2. The predicted molar refractivity (Wildman–Crippen MR) is 122 cm³/mol. The van der Waals surface area contributed by atoms with E-state index in [2.05, 4.69) is 20.5 Å². The van der Waals surface area contributed by atoms with Gasteiger partial charge in [0.2, 0.25) is 0 Å². The lowest BCUT2D eigenvalue weighted by atomic mass is 9.76. The van der Waals surface area contributed by atoms with E-state index in [4.69, 9.17) is 5.73 Å².